The molecule has 2 rings (SSSR count). The zero-order chi connectivity index (χ0) is 11.0. The normalized spacial score (nSPS) is 21.7. The van der Waals surface area contributed by atoms with E-state index in [1.54, 1.807) is 4.90 Å². The Bertz CT molecular complexity index is 375. The fourth-order valence-corrected chi connectivity index (χ4v) is 2.12. The fraction of sp³-hybridized carbons (Fsp3) is 0.600. The van der Waals surface area contributed by atoms with Crippen molar-refractivity contribution in [2.24, 2.45) is 0 Å². The average molecular weight is 273 g/mol. The lowest BCUT2D eigenvalue weighted by molar-refractivity contribution is -0.117. The largest absolute Gasteiger partial charge is 0.338 e. The van der Waals surface area contributed by atoms with Gasteiger partial charge in [0.05, 0.1) is 5.69 Å². The van der Waals surface area contributed by atoms with Gasteiger partial charge in [-0.1, -0.05) is 34.9 Å². The number of rotatable bonds is 2. The lowest BCUT2D eigenvalue weighted by Gasteiger charge is -2.09. The number of hydrogen-bond acceptors (Lipinski definition) is 3. The molecule has 1 unspecified atom stereocenters. The SMILES string of the molecule is CC(C)c1cc(N2CC(Br)CC2=O)on1. The van der Waals surface area contributed by atoms with E-state index in [1.165, 1.54) is 0 Å². The van der Waals surface area contributed by atoms with Crippen molar-refractivity contribution in [3.63, 3.8) is 0 Å². The van der Waals surface area contributed by atoms with Gasteiger partial charge in [0, 0.05) is 23.9 Å². The van der Waals surface area contributed by atoms with Crippen LogP contribution in [0, 0.1) is 0 Å². The smallest absolute Gasteiger partial charge is 0.234 e. The lowest BCUT2D eigenvalue weighted by atomic mass is 10.1. The van der Waals surface area contributed by atoms with Crippen LogP contribution in [0.1, 0.15) is 31.9 Å². The minimum absolute atomic E-state index is 0.0864. The molecule has 0 N–H and O–H groups in total. The van der Waals surface area contributed by atoms with Gasteiger partial charge in [-0.3, -0.25) is 9.69 Å². The van der Waals surface area contributed by atoms with Crippen molar-refractivity contribution in [2.45, 2.75) is 31.0 Å². The first-order valence-electron chi connectivity index (χ1n) is 4.99. The highest BCUT2D eigenvalue weighted by Crippen LogP contribution is 2.27. The molecule has 1 atom stereocenters. The molecule has 0 saturated carbocycles. The summed E-state index contributed by atoms with van der Waals surface area (Å²) in [6, 6.07) is 1.84. The van der Waals surface area contributed by atoms with Crippen LogP contribution in [0.25, 0.3) is 0 Å². The summed E-state index contributed by atoms with van der Waals surface area (Å²) >= 11 is 3.43. The molecule has 1 aromatic rings. The van der Waals surface area contributed by atoms with E-state index in [2.05, 4.69) is 21.1 Å². The molecule has 1 aliphatic heterocycles. The van der Waals surface area contributed by atoms with Crippen molar-refractivity contribution in [3.8, 4) is 0 Å². The van der Waals surface area contributed by atoms with E-state index in [4.69, 9.17) is 4.52 Å². The van der Waals surface area contributed by atoms with Gasteiger partial charge >= 0.3 is 0 Å². The van der Waals surface area contributed by atoms with Crippen LogP contribution in [0.15, 0.2) is 10.6 Å². The minimum Gasteiger partial charge on any atom is -0.338 e. The molecule has 0 aliphatic carbocycles. The first kappa shape index (κ1) is 10.7. The summed E-state index contributed by atoms with van der Waals surface area (Å²) in [6.45, 7) is 4.74. The topological polar surface area (TPSA) is 46.3 Å². The molecule has 5 heteroatoms. The number of halogens is 1. The van der Waals surface area contributed by atoms with Crippen LogP contribution in [0.5, 0.6) is 0 Å². The van der Waals surface area contributed by atoms with Crippen LogP contribution in [0.3, 0.4) is 0 Å². The van der Waals surface area contributed by atoms with Gasteiger partial charge in [0.15, 0.2) is 0 Å². The summed E-state index contributed by atoms with van der Waals surface area (Å²) < 4.78 is 5.16. The minimum atomic E-state index is 0.0864. The molecule has 82 valence electrons. The predicted octanol–water partition coefficient (Wildman–Crippen LogP) is 2.30. The monoisotopic (exact) mass is 272 g/mol. The highest BCUT2D eigenvalue weighted by atomic mass is 79.9. The third-order valence-corrected chi connectivity index (χ3v) is 3.06. The Hall–Kier alpha value is -0.840. The maximum atomic E-state index is 11.6. The Balaban J connectivity index is 2.19. The zero-order valence-electron chi connectivity index (χ0n) is 8.74. The summed E-state index contributed by atoms with van der Waals surface area (Å²) in [7, 11) is 0. The molecule has 1 aromatic heterocycles. The fourth-order valence-electron chi connectivity index (χ4n) is 1.55. The van der Waals surface area contributed by atoms with Gasteiger partial charge in [-0.25, -0.2) is 0 Å². The molecule has 1 fully saturated rings. The standard InChI is InChI=1S/C10H13BrN2O2/c1-6(2)8-4-10(15-12-8)13-5-7(11)3-9(13)14/h4,6-7H,3,5H2,1-2H3. The Labute approximate surface area is 96.7 Å². The van der Waals surface area contributed by atoms with Crippen molar-refractivity contribution in [3.05, 3.63) is 11.8 Å². The maximum Gasteiger partial charge on any atom is 0.234 e. The quantitative estimate of drug-likeness (QED) is 0.777. The summed E-state index contributed by atoms with van der Waals surface area (Å²) in [5, 5.41) is 3.94. The summed E-state index contributed by atoms with van der Waals surface area (Å²) in [5.41, 5.74) is 0.885. The third-order valence-electron chi connectivity index (χ3n) is 2.45. The third kappa shape index (κ3) is 2.07. The highest BCUT2D eigenvalue weighted by molar-refractivity contribution is 9.09. The number of anilines is 1. The number of nitrogens with zero attached hydrogens (tertiary/aromatic N) is 2. The molecule has 0 spiro atoms. The number of carbonyl (C=O) groups is 1. The van der Waals surface area contributed by atoms with E-state index in [0.29, 0.717) is 24.8 Å². The van der Waals surface area contributed by atoms with Crippen LogP contribution >= 0.6 is 15.9 Å². The van der Waals surface area contributed by atoms with E-state index in [-0.39, 0.29) is 10.7 Å². The van der Waals surface area contributed by atoms with Gasteiger partial charge in [0.2, 0.25) is 11.8 Å². The first-order chi connectivity index (χ1) is 7.08. The van der Waals surface area contributed by atoms with Gasteiger partial charge in [0.25, 0.3) is 0 Å². The molecule has 15 heavy (non-hydrogen) atoms. The van der Waals surface area contributed by atoms with E-state index in [1.807, 2.05) is 19.9 Å². The van der Waals surface area contributed by atoms with Gasteiger partial charge in [0.1, 0.15) is 0 Å². The summed E-state index contributed by atoms with van der Waals surface area (Å²) in [4.78, 5) is 13.4. The van der Waals surface area contributed by atoms with E-state index in [9.17, 15) is 4.79 Å². The first-order valence-corrected chi connectivity index (χ1v) is 5.90. The molecule has 0 radical (unpaired) electrons. The second-order valence-corrected chi connectivity index (χ2v) is 5.35. The Morgan fingerprint density at radius 3 is 2.87 bits per heavy atom. The van der Waals surface area contributed by atoms with Crippen molar-refractivity contribution >= 4 is 27.7 Å². The van der Waals surface area contributed by atoms with Crippen molar-refractivity contribution in [1.82, 2.24) is 5.16 Å². The maximum absolute atomic E-state index is 11.6. The molecule has 1 aliphatic rings. The summed E-state index contributed by atoms with van der Waals surface area (Å²) in [5.74, 6) is 0.967. The van der Waals surface area contributed by atoms with Crippen LogP contribution in [0.4, 0.5) is 5.88 Å². The number of carbonyl (C=O) groups excluding carboxylic acids is 1. The van der Waals surface area contributed by atoms with E-state index in [0.717, 1.165) is 5.69 Å². The summed E-state index contributed by atoms with van der Waals surface area (Å²) in [6.07, 6.45) is 0.526. The molecule has 2 heterocycles. The van der Waals surface area contributed by atoms with Gasteiger partial charge in [-0.15, -0.1) is 0 Å². The van der Waals surface area contributed by atoms with E-state index < -0.39 is 0 Å². The average Bonchev–Trinajstić information content (AvgIpc) is 2.71. The van der Waals surface area contributed by atoms with Crippen LogP contribution in [0.2, 0.25) is 0 Å². The number of aromatic nitrogens is 1. The Morgan fingerprint density at radius 1 is 1.67 bits per heavy atom. The molecule has 1 saturated heterocycles. The van der Waals surface area contributed by atoms with Crippen LogP contribution in [-0.2, 0) is 4.79 Å². The molecule has 0 bridgehead atoms. The Morgan fingerprint density at radius 2 is 2.40 bits per heavy atom. The van der Waals surface area contributed by atoms with Crippen molar-refractivity contribution in [1.29, 1.82) is 0 Å². The zero-order valence-corrected chi connectivity index (χ0v) is 10.3. The molecule has 4 nitrogen and oxygen atoms in total. The van der Waals surface area contributed by atoms with Gasteiger partial charge in [-0.2, -0.15) is 0 Å². The van der Waals surface area contributed by atoms with Crippen LogP contribution in [-0.4, -0.2) is 22.4 Å². The molecular weight excluding hydrogens is 260 g/mol. The molecule has 1 amide bonds. The second-order valence-electron chi connectivity index (χ2n) is 4.05. The van der Waals surface area contributed by atoms with Crippen molar-refractivity contribution < 1.29 is 9.32 Å². The number of alkyl halides is 1. The second kappa shape index (κ2) is 3.96. The van der Waals surface area contributed by atoms with Crippen molar-refractivity contribution in [2.75, 3.05) is 11.4 Å². The Kier molecular flexibility index (Phi) is 2.82. The van der Waals surface area contributed by atoms with Gasteiger partial charge in [-0.05, 0) is 5.92 Å². The van der Waals surface area contributed by atoms with Gasteiger partial charge < -0.3 is 4.52 Å². The van der Waals surface area contributed by atoms with Crippen LogP contribution < -0.4 is 4.90 Å². The predicted molar refractivity (Wildman–Crippen MR) is 60.3 cm³/mol. The lowest BCUT2D eigenvalue weighted by Crippen LogP contribution is -2.23. The molecule has 0 aromatic carbocycles. The number of hydrogen-bond donors (Lipinski definition) is 0. The number of amides is 1. The highest BCUT2D eigenvalue weighted by Gasteiger charge is 2.31. The van der Waals surface area contributed by atoms with E-state index >= 15 is 0 Å². The molecular formula is C10H13BrN2O2.